The van der Waals surface area contributed by atoms with Crippen LogP contribution >= 0.6 is 0 Å². The van der Waals surface area contributed by atoms with Crippen LogP contribution in [0.3, 0.4) is 0 Å². The predicted octanol–water partition coefficient (Wildman–Crippen LogP) is 2.99. The van der Waals surface area contributed by atoms with Gasteiger partial charge in [0, 0.05) is 24.1 Å². The summed E-state index contributed by atoms with van der Waals surface area (Å²) < 4.78 is 11.1. The summed E-state index contributed by atoms with van der Waals surface area (Å²) in [4.78, 5) is 18.2. The number of carbonyl (C=O) groups is 1. The fourth-order valence-corrected chi connectivity index (χ4v) is 5.98. The van der Waals surface area contributed by atoms with Crippen LogP contribution in [0.15, 0.2) is 42.5 Å². The molecule has 4 saturated heterocycles. The molecule has 30 heavy (non-hydrogen) atoms. The molecule has 3 atom stereocenters. The highest BCUT2D eigenvalue weighted by atomic mass is 16.7. The standard InChI is InChI=1S/C24H23N3O3/c25-12-15-2-1-3-18(10-15)24(28)27-13-19(17-4-5-20-21(11-17)30-14-29-20)23-22(27)16-6-8-26(23)9-7-16/h1-5,10-11,16,19,22-23H,6-9,13-14H2/t19-,22+,23+/m1/s1. The number of amides is 1. The number of likely N-dealkylation sites (tertiary alicyclic amines) is 1. The maximum atomic E-state index is 13.6. The molecule has 6 nitrogen and oxygen atoms in total. The summed E-state index contributed by atoms with van der Waals surface area (Å²) in [6.45, 7) is 3.18. The van der Waals surface area contributed by atoms with Crippen molar-refractivity contribution in [2.45, 2.75) is 30.8 Å². The lowest BCUT2D eigenvalue weighted by Gasteiger charge is -2.51. The first-order valence-corrected chi connectivity index (χ1v) is 10.7. The Labute approximate surface area is 175 Å². The molecule has 6 heteroatoms. The van der Waals surface area contributed by atoms with E-state index in [1.54, 1.807) is 18.2 Å². The van der Waals surface area contributed by atoms with Crippen LogP contribution in [0.1, 0.15) is 40.2 Å². The summed E-state index contributed by atoms with van der Waals surface area (Å²) in [5.74, 6) is 2.42. The number of nitrogens with zero attached hydrogens (tertiary/aromatic N) is 3. The summed E-state index contributed by atoms with van der Waals surface area (Å²) in [5.41, 5.74) is 2.34. The third-order valence-corrected chi connectivity index (χ3v) is 7.32. The van der Waals surface area contributed by atoms with Crippen molar-refractivity contribution in [3.63, 3.8) is 0 Å². The first-order valence-electron chi connectivity index (χ1n) is 10.7. The largest absolute Gasteiger partial charge is 0.454 e. The molecule has 0 saturated carbocycles. The molecule has 2 aromatic carbocycles. The van der Waals surface area contributed by atoms with Crippen molar-refractivity contribution >= 4 is 5.91 Å². The molecule has 0 unspecified atom stereocenters. The summed E-state index contributed by atoms with van der Waals surface area (Å²) >= 11 is 0. The van der Waals surface area contributed by atoms with Crippen LogP contribution in [0.4, 0.5) is 0 Å². The van der Waals surface area contributed by atoms with Crippen LogP contribution in [0.25, 0.3) is 0 Å². The van der Waals surface area contributed by atoms with Crippen LogP contribution < -0.4 is 9.47 Å². The molecule has 0 aliphatic carbocycles. The highest BCUT2D eigenvalue weighted by Crippen LogP contribution is 2.48. The number of nitriles is 1. The molecule has 0 N–H and O–H groups in total. The summed E-state index contributed by atoms with van der Waals surface area (Å²) in [6.07, 6.45) is 2.30. The van der Waals surface area contributed by atoms with Gasteiger partial charge in [0.15, 0.2) is 11.5 Å². The minimum Gasteiger partial charge on any atom is -0.454 e. The quantitative estimate of drug-likeness (QED) is 0.774. The molecule has 4 fully saturated rings. The molecule has 5 aliphatic heterocycles. The second-order valence-corrected chi connectivity index (χ2v) is 8.72. The van der Waals surface area contributed by atoms with Gasteiger partial charge in [0.1, 0.15) is 0 Å². The average molecular weight is 401 g/mol. The number of fused-ring (bicyclic) bond motifs is 3. The smallest absolute Gasteiger partial charge is 0.254 e. The summed E-state index contributed by atoms with van der Waals surface area (Å²) in [5, 5.41) is 9.25. The highest BCUT2D eigenvalue weighted by molar-refractivity contribution is 5.95. The Hall–Kier alpha value is -3.04. The van der Waals surface area contributed by atoms with E-state index in [0.29, 0.717) is 29.6 Å². The zero-order chi connectivity index (χ0) is 20.2. The minimum atomic E-state index is 0.0408. The summed E-state index contributed by atoms with van der Waals surface area (Å²) in [7, 11) is 0. The third-order valence-electron chi connectivity index (χ3n) is 7.32. The number of ether oxygens (including phenoxy) is 2. The van der Waals surface area contributed by atoms with E-state index < -0.39 is 0 Å². The number of hydrogen-bond donors (Lipinski definition) is 0. The van der Waals surface area contributed by atoms with E-state index in [2.05, 4.69) is 28.0 Å². The second-order valence-electron chi connectivity index (χ2n) is 8.72. The lowest BCUT2D eigenvalue weighted by Crippen LogP contribution is -2.60. The Morgan fingerprint density at radius 2 is 1.87 bits per heavy atom. The van der Waals surface area contributed by atoms with E-state index in [1.807, 2.05) is 12.1 Å². The molecule has 7 rings (SSSR count). The van der Waals surface area contributed by atoms with Gasteiger partial charge in [-0.1, -0.05) is 12.1 Å². The minimum absolute atomic E-state index is 0.0408. The van der Waals surface area contributed by atoms with Crippen molar-refractivity contribution in [1.29, 1.82) is 5.26 Å². The average Bonchev–Trinajstić information content (AvgIpc) is 3.45. The number of hydrogen-bond acceptors (Lipinski definition) is 5. The number of piperidine rings is 3. The van der Waals surface area contributed by atoms with Gasteiger partial charge in [-0.05, 0) is 67.7 Å². The Morgan fingerprint density at radius 3 is 2.70 bits per heavy atom. The van der Waals surface area contributed by atoms with Crippen molar-refractivity contribution in [3.8, 4) is 17.6 Å². The zero-order valence-electron chi connectivity index (χ0n) is 16.7. The summed E-state index contributed by atoms with van der Waals surface area (Å²) in [6, 6.07) is 16.0. The fraction of sp³-hybridized carbons (Fsp3) is 0.417. The van der Waals surface area contributed by atoms with Crippen molar-refractivity contribution in [2.24, 2.45) is 5.92 Å². The van der Waals surface area contributed by atoms with Gasteiger partial charge in [-0.25, -0.2) is 0 Å². The van der Waals surface area contributed by atoms with E-state index in [-0.39, 0.29) is 24.7 Å². The van der Waals surface area contributed by atoms with Crippen LogP contribution in [-0.2, 0) is 0 Å². The third kappa shape index (κ3) is 2.62. The monoisotopic (exact) mass is 401 g/mol. The van der Waals surface area contributed by atoms with E-state index in [9.17, 15) is 10.1 Å². The first-order chi connectivity index (χ1) is 14.7. The van der Waals surface area contributed by atoms with E-state index in [4.69, 9.17) is 9.47 Å². The first kappa shape index (κ1) is 17.8. The Kier molecular flexibility index (Phi) is 4.00. The number of rotatable bonds is 2. The predicted molar refractivity (Wildman–Crippen MR) is 109 cm³/mol. The molecule has 0 spiro atoms. The van der Waals surface area contributed by atoms with Gasteiger partial charge in [-0.2, -0.15) is 5.26 Å². The normalized spacial score (nSPS) is 30.8. The maximum Gasteiger partial charge on any atom is 0.254 e. The van der Waals surface area contributed by atoms with E-state index in [0.717, 1.165) is 37.4 Å². The van der Waals surface area contributed by atoms with Crippen LogP contribution in [0, 0.1) is 17.2 Å². The highest BCUT2D eigenvalue weighted by Gasteiger charge is 2.54. The molecule has 0 aromatic heterocycles. The van der Waals surface area contributed by atoms with Gasteiger partial charge in [0.2, 0.25) is 6.79 Å². The fourth-order valence-electron chi connectivity index (χ4n) is 5.98. The molecule has 5 heterocycles. The number of benzene rings is 2. The van der Waals surface area contributed by atoms with Crippen molar-refractivity contribution in [3.05, 3.63) is 59.2 Å². The van der Waals surface area contributed by atoms with Gasteiger partial charge in [-0.15, -0.1) is 0 Å². The zero-order valence-corrected chi connectivity index (χ0v) is 16.7. The van der Waals surface area contributed by atoms with Crippen LogP contribution in [-0.4, -0.2) is 54.2 Å². The van der Waals surface area contributed by atoms with Crippen LogP contribution in [0.2, 0.25) is 0 Å². The molecular formula is C24H23N3O3. The molecule has 5 aliphatic rings. The van der Waals surface area contributed by atoms with Gasteiger partial charge in [0.05, 0.1) is 17.7 Å². The van der Waals surface area contributed by atoms with Gasteiger partial charge in [-0.3, -0.25) is 9.69 Å². The molecule has 0 radical (unpaired) electrons. The Morgan fingerprint density at radius 1 is 1.03 bits per heavy atom. The Balaban J connectivity index is 1.38. The molecule has 1 amide bonds. The van der Waals surface area contributed by atoms with Gasteiger partial charge in [0.25, 0.3) is 5.91 Å². The second kappa shape index (κ2) is 6.75. The number of carbonyl (C=O) groups excluding carboxylic acids is 1. The van der Waals surface area contributed by atoms with Crippen molar-refractivity contribution in [2.75, 3.05) is 26.4 Å². The lowest BCUT2D eigenvalue weighted by atomic mass is 9.75. The van der Waals surface area contributed by atoms with Crippen molar-refractivity contribution < 1.29 is 14.3 Å². The van der Waals surface area contributed by atoms with E-state index in [1.165, 1.54) is 5.56 Å². The van der Waals surface area contributed by atoms with Gasteiger partial charge >= 0.3 is 0 Å². The van der Waals surface area contributed by atoms with Crippen molar-refractivity contribution in [1.82, 2.24) is 9.80 Å². The topological polar surface area (TPSA) is 65.8 Å². The molecule has 152 valence electrons. The molecule has 2 aromatic rings. The lowest BCUT2D eigenvalue weighted by molar-refractivity contribution is -0.00341. The molecular weight excluding hydrogens is 378 g/mol. The SMILES string of the molecule is N#Cc1cccc(C(=O)N2C[C@H](c3ccc4c(c3)OCO4)[C@H]3[C@@H]2C2CCN3CC2)c1. The van der Waals surface area contributed by atoms with Gasteiger partial charge < -0.3 is 14.4 Å². The molecule has 2 bridgehead atoms. The Bertz CT molecular complexity index is 1050. The van der Waals surface area contributed by atoms with E-state index >= 15 is 0 Å². The van der Waals surface area contributed by atoms with Crippen LogP contribution in [0.5, 0.6) is 11.5 Å². The maximum absolute atomic E-state index is 13.6.